The molecule has 0 aromatic heterocycles. The fourth-order valence-corrected chi connectivity index (χ4v) is 14.4. The highest BCUT2D eigenvalue weighted by atomic mass is 16.6. The molecule has 576 valence electrons. The number of nitrogens with one attached hydrogen (secondary N) is 6. The third kappa shape index (κ3) is 26.0. The largest absolute Gasteiger partial charge is 0.445 e. The predicted molar refractivity (Wildman–Crippen MR) is 395 cm³/mol. The van der Waals surface area contributed by atoms with Crippen molar-refractivity contribution in [2.24, 2.45) is 41.4 Å². The number of carbonyl (C=O) groups is 10. The second kappa shape index (κ2) is 41.3. The third-order valence-corrected chi connectivity index (χ3v) is 20.6. The van der Waals surface area contributed by atoms with Crippen LogP contribution in [-0.4, -0.2) is 198 Å². The number of likely N-dealkylation sites (tertiary alicyclic amines) is 1. The number of alkyl carbamates (subject to hydrolysis) is 1. The maximum Gasteiger partial charge on any atom is 0.410 e. The van der Waals surface area contributed by atoms with E-state index in [0.29, 0.717) is 68.6 Å². The van der Waals surface area contributed by atoms with Crippen LogP contribution >= 0.6 is 0 Å². The summed E-state index contributed by atoms with van der Waals surface area (Å²) in [6, 6.07) is 10.5. The maximum atomic E-state index is 14.9. The van der Waals surface area contributed by atoms with Gasteiger partial charge in [-0.2, -0.15) is 0 Å². The predicted octanol–water partition coefficient (Wildman–Crippen LogP) is 9.21. The van der Waals surface area contributed by atoms with E-state index in [1.165, 1.54) is 43.2 Å². The smallest absolute Gasteiger partial charge is 0.410 e. The number of aliphatic hydroxyl groups excluding tert-OH is 1. The Balaban J connectivity index is 1.21. The Morgan fingerprint density at radius 1 is 0.689 bits per heavy atom. The molecule has 0 spiro atoms. The second-order valence-corrected chi connectivity index (χ2v) is 30.9. The Hall–Kier alpha value is -7.48. The van der Waals surface area contributed by atoms with E-state index in [1.807, 2.05) is 87.4 Å². The van der Waals surface area contributed by atoms with E-state index >= 15 is 0 Å². The molecule has 0 radical (unpaired) electrons. The first-order valence-corrected chi connectivity index (χ1v) is 37.4. The van der Waals surface area contributed by atoms with Crippen LogP contribution < -0.4 is 31.9 Å². The molecule has 2 fully saturated rings. The van der Waals surface area contributed by atoms with Gasteiger partial charge in [0.25, 0.3) is 11.8 Å². The van der Waals surface area contributed by atoms with E-state index in [9.17, 15) is 53.1 Å². The summed E-state index contributed by atoms with van der Waals surface area (Å²) < 4.78 is 23.4. The summed E-state index contributed by atoms with van der Waals surface area (Å²) in [7, 11) is 6.16. The Morgan fingerprint density at radius 3 is 1.88 bits per heavy atom. The van der Waals surface area contributed by atoms with Crippen LogP contribution in [0.5, 0.6) is 0 Å². The normalized spacial score (nSPS) is 19.8. The number of imide groups is 1. The summed E-state index contributed by atoms with van der Waals surface area (Å²) in [5.74, 6) is -4.30. The zero-order chi connectivity index (χ0) is 76.6. The van der Waals surface area contributed by atoms with Gasteiger partial charge in [-0.05, 0) is 138 Å². The number of benzene rings is 2. The molecule has 103 heavy (non-hydrogen) atoms. The summed E-state index contributed by atoms with van der Waals surface area (Å²) >= 11 is 0. The lowest BCUT2D eigenvalue weighted by molar-refractivity contribution is -0.148. The molecule has 2 heterocycles. The van der Waals surface area contributed by atoms with Crippen molar-refractivity contribution in [1.82, 2.24) is 46.2 Å². The maximum absolute atomic E-state index is 14.9. The first kappa shape index (κ1) is 86.2. The molecule has 0 bridgehead atoms. The first-order valence-electron chi connectivity index (χ1n) is 37.4. The van der Waals surface area contributed by atoms with Gasteiger partial charge < -0.3 is 65.8 Å². The number of ether oxygens (including phenoxy) is 4. The minimum absolute atomic E-state index is 0.0580. The summed E-state index contributed by atoms with van der Waals surface area (Å²) in [6.07, 6.45) is 7.39. The third-order valence-electron chi connectivity index (χ3n) is 20.6. The number of aliphatic hydroxyl groups is 1. The van der Waals surface area contributed by atoms with Gasteiger partial charge in [-0.1, -0.05) is 137 Å². The highest BCUT2D eigenvalue weighted by Crippen LogP contribution is 2.34. The molecule has 0 unspecified atom stereocenters. The molecule has 2 aliphatic heterocycles. The average Bonchev–Trinajstić information content (AvgIpc) is 1.79. The molecule has 2 aromatic rings. The van der Waals surface area contributed by atoms with E-state index in [2.05, 4.69) is 31.9 Å². The molecule has 2 aromatic carbocycles. The van der Waals surface area contributed by atoms with Crippen LogP contribution in [0.4, 0.5) is 15.3 Å². The highest BCUT2D eigenvalue weighted by Gasteiger charge is 2.44. The van der Waals surface area contributed by atoms with Crippen LogP contribution in [0.3, 0.4) is 0 Å². The van der Waals surface area contributed by atoms with Crippen LogP contribution in [0.15, 0.2) is 66.7 Å². The SMILES string of the molecule is CC[C@H](C)[C@@H]([C@@H](CC(=O)N1CCC[C@H]1[C@H](OC)[C@@H](C)C(=O)N[C@H](C)[C@@H](O)c1ccccc1)OC)N(C)C(=O)[C@@H](NC(=O)[C@H](C(C)C)N(C)C(=O)OCc1ccc(NC(=O)[C@H](C[C@H]2CC[C@H](CNC(=O)OC(C)(C)C)CC2)NC(=O)[C@@H](N[C@@H](C)CCCCCN2C(=O)C=CC2=O)C(C)C)cc1)C(C)C. The molecule has 1 saturated carbocycles. The van der Waals surface area contributed by atoms with Crippen molar-refractivity contribution in [3.63, 3.8) is 0 Å². The van der Waals surface area contributed by atoms with Gasteiger partial charge in [0, 0.05) is 71.8 Å². The molecular formula is C78H124N10O15. The minimum Gasteiger partial charge on any atom is -0.445 e. The lowest BCUT2D eigenvalue weighted by Crippen LogP contribution is -2.60. The van der Waals surface area contributed by atoms with Crippen molar-refractivity contribution in [3.8, 4) is 0 Å². The van der Waals surface area contributed by atoms with Crippen molar-refractivity contribution in [2.75, 3.05) is 53.3 Å². The Morgan fingerprint density at radius 2 is 1.31 bits per heavy atom. The van der Waals surface area contributed by atoms with Gasteiger partial charge in [-0.3, -0.25) is 48.2 Å². The summed E-state index contributed by atoms with van der Waals surface area (Å²) in [4.78, 5) is 143. The van der Waals surface area contributed by atoms with Crippen molar-refractivity contribution in [1.29, 1.82) is 0 Å². The second-order valence-electron chi connectivity index (χ2n) is 30.9. The number of methoxy groups -OCH3 is 2. The first-order chi connectivity index (χ1) is 48.6. The number of hydrogen-bond acceptors (Lipinski definition) is 16. The molecule has 25 nitrogen and oxygen atoms in total. The van der Waals surface area contributed by atoms with Gasteiger partial charge in [-0.15, -0.1) is 0 Å². The molecule has 1 aliphatic carbocycles. The molecule has 1 saturated heterocycles. The van der Waals surface area contributed by atoms with E-state index in [-0.39, 0.29) is 72.3 Å². The number of nitrogens with zero attached hydrogens (tertiary/aromatic N) is 4. The van der Waals surface area contributed by atoms with E-state index < -0.39 is 114 Å². The summed E-state index contributed by atoms with van der Waals surface area (Å²) in [5, 5.41) is 29.4. The van der Waals surface area contributed by atoms with Crippen molar-refractivity contribution in [2.45, 2.75) is 259 Å². The lowest BCUT2D eigenvalue weighted by Gasteiger charge is -2.41. The molecule has 5 rings (SSSR count). The van der Waals surface area contributed by atoms with Gasteiger partial charge in [0.2, 0.25) is 35.4 Å². The van der Waals surface area contributed by atoms with E-state index in [4.69, 9.17) is 18.9 Å². The Bertz CT molecular complexity index is 3100. The summed E-state index contributed by atoms with van der Waals surface area (Å²) in [6.45, 7) is 27.1. The molecule has 3 aliphatic rings. The quantitative estimate of drug-likeness (QED) is 0.0242. The van der Waals surface area contributed by atoms with Crippen molar-refractivity contribution < 1.29 is 72.0 Å². The van der Waals surface area contributed by atoms with Crippen LogP contribution in [-0.2, 0) is 63.9 Å². The highest BCUT2D eigenvalue weighted by molar-refractivity contribution is 6.12. The number of hydrogen-bond donors (Lipinski definition) is 7. The van der Waals surface area contributed by atoms with Gasteiger partial charge in [0.15, 0.2) is 0 Å². The fourth-order valence-electron chi connectivity index (χ4n) is 14.4. The number of likely N-dealkylation sites (N-methyl/N-ethyl adjacent to an activating group) is 2. The number of rotatable bonds is 39. The number of anilines is 1. The van der Waals surface area contributed by atoms with Crippen LogP contribution in [0, 0.1) is 41.4 Å². The van der Waals surface area contributed by atoms with Crippen molar-refractivity contribution >= 4 is 65.1 Å². The standard InChI is InChI=1S/C78H124N10O15/c1-19-50(8)68(61(100-17)44-64(91)87-42-26-30-60(87)70(101-18)52(10)71(93)81-53(11)69(92)57-28-23-20-24-29-57)85(15)75(97)66(48(4)5)84-74(96)67(49(6)7)86(16)77(99)102-46-56-35-37-58(38-36-56)82-72(94)59(43-54-31-33-55(34-32-54)45-79-76(98)103-78(12,13)14)83-73(95)65(47(2)3)80-51(9)27-22-21-25-41-88-62(89)39-40-63(88)90/h20,23-24,28-29,35-40,47-55,59-61,65-70,80,92H,19,21-22,25-27,30-34,41-46H2,1-18H3,(H,79,98)(H,81,93)(H,82,94)(H,83,95)(H,84,96)/t50-,51-,52+,53+,54-,55-,59-,60-,61+,65-,66-,67-,68-,69+,70+/m0/s1. The number of amides is 10. The van der Waals surface area contributed by atoms with Gasteiger partial charge in [0.1, 0.15) is 30.3 Å². The van der Waals surface area contributed by atoms with Crippen molar-refractivity contribution in [3.05, 3.63) is 77.9 Å². The van der Waals surface area contributed by atoms with Gasteiger partial charge in [0.05, 0.1) is 54.8 Å². The lowest BCUT2D eigenvalue weighted by atomic mass is 9.79. The van der Waals surface area contributed by atoms with Crippen LogP contribution in [0.1, 0.15) is 198 Å². The topological polar surface area (TPSA) is 313 Å². The molecule has 10 amide bonds. The fraction of sp³-hybridized carbons (Fsp3) is 0.692. The van der Waals surface area contributed by atoms with E-state index in [1.54, 1.807) is 80.9 Å². The van der Waals surface area contributed by atoms with Crippen LogP contribution in [0.25, 0.3) is 0 Å². The zero-order valence-electron chi connectivity index (χ0n) is 64.7. The average molecular weight is 1440 g/mol. The molecule has 7 N–H and O–H groups in total. The minimum atomic E-state index is -1.07. The summed E-state index contributed by atoms with van der Waals surface area (Å²) in [5.41, 5.74) is 1.09. The van der Waals surface area contributed by atoms with Gasteiger partial charge in [-0.25, -0.2) is 9.59 Å². The van der Waals surface area contributed by atoms with E-state index in [0.717, 1.165) is 44.9 Å². The molecule has 25 heteroatoms. The molecule has 13 atom stereocenters. The zero-order valence-corrected chi connectivity index (χ0v) is 64.7. The Kier molecular flexibility index (Phi) is 34.5. The van der Waals surface area contributed by atoms with Crippen LogP contribution in [0.2, 0.25) is 0 Å². The number of unbranched alkanes of at least 4 members (excludes halogenated alkanes) is 2. The van der Waals surface area contributed by atoms with Gasteiger partial charge >= 0.3 is 12.2 Å². The molecular weight excluding hydrogens is 1320 g/mol. The Labute approximate surface area is 612 Å². The number of carbonyl (C=O) groups excluding carboxylic acids is 10. The monoisotopic (exact) mass is 1440 g/mol.